The minimum atomic E-state index is -3.87. The molecule has 1 aliphatic rings. The zero-order valence-electron chi connectivity index (χ0n) is 11.4. The Morgan fingerprint density at radius 2 is 2.10 bits per heavy atom. The summed E-state index contributed by atoms with van der Waals surface area (Å²) in [5.41, 5.74) is 5.52. The summed E-state index contributed by atoms with van der Waals surface area (Å²) < 4.78 is 39.4. The summed E-state index contributed by atoms with van der Waals surface area (Å²) in [6, 6.07) is 3.46. The SMILES string of the molecule is Nc1ccc(F)cc1S(=O)(=O)NCCCC(=O)NC1CC1. The lowest BCUT2D eigenvalue weighted by Gasteiger charge is -2.09. The van der Waals surface area contributed by atoms with E-state index in [-0.39, 0.29) is 29.5 Å². The largest absolute Gasteiger partial charge is 0.398 e. The Morgan fingerprint density at radius 1 is 1.38 bits per heavy atom. The van der Waals surface area contributed by atoms with Crippen LogP contribution in [0.2, 0.25) is 0 Å². The number of rotatable bonds is 7. The molecule has 1 saturated carbocycles. The Kier molecular flexibility index (Phi) is 4.79. The van der Waals surface area contributed by atoms with E-state index in [9.17, 15) is 17.6 Å². The molecule has 4 N–H and O–H groups in total. The fourth-order valence-corrected chi connectivity index (χ4v) is 3.02. The second-order valence-corrected chi connectivity index (χ2v) is 6.76. The number of hydrogen-bond acceptors (Lipinski definition) is 4. The summed E-state index contributed by atoms with van der Waals surface area (Å²) >= 11 is 0. The van der Waals surface area contributed by atoms with Gasteiger partial charge in [0.2, 0.25) is 15.9 Å². The molecule has 1 aliphatic carbocycles. The van der Waals surface area contributed by atoms with Crippen molar-refractivity contribution in [3.05, 3.63) is 24.0 Å². The van der Waals surface area contributed by atoms with Crippen molar-refractivity contribution in [2.24, 2.45) is 0 Å². The van der Waals surface area contributed by atoms with E-state index in [4.69, 9.17) is 5.73 Å². The molecule has 0 unspecified atom stereocenters. The fourth-order valence-electron chi connectivity index (χ4n) is 1.80. The molecule has 1 aromatic carbocycles. The Morgan fingerprint density at radius 3 is 2.76 bits per heavy atom. The zero-order chi connectivity index (χ0) is 15.5. The fraction of sp³-hybridized carbons (Fsp3) is 0.462. The number of hydrogen-bond donors (Lipinski definition) is 3. The van der Waals surface area contributed by atoms with Gasteiger partial charge >= 0.3 is 0 Å². The summed E-state index contributed by atoms with van der Waals surface area (Å²) in [5, 5.41) is 2.81. The lowest BCUT2D eigenvalue weighted by molar-refractivity contribution is -0.121. The van der Waals surface area contributed by atoms with Gasteiger partial charge in [-0.25, -0.2) is 17.5 Å². The third-order valence-corrected chi connectivity index (χ3v) is 4.60. The normalized spacial score (nSPS) is 14.9. The molecule has 8 heteroatoms. The third-order valence-electron chi connectivity index (χ3n) is 3.08. The summed E-state index contributed by atoms with van der Waals surface area (Å²) in [7, 11) is -3.87. The number of benzene rings is 1. The van der Waals surface area contributed by atoms with Crippen molar-refractivity contribution in [3.63, 3.8) is 0 Å². The van der Waals surface area contributed by atoms with Crippen molar-refractivity contribution in [1.82, 2.24) is 10.0 Å². The molecule has 0 bridgehead atoms. The van der Waals surface area contributed by atoms with E-state index < -0.39 is 15.8 Å². The number of anilines is 1. The van der Waals surface area contributed by atoms with Crippen molar-refractivity contribution in [3.8, 4) is 0 Å². The van der Waals surface area contributed by atoms with E-state index in [0.717, 1.165) is 25.0 Å². The molecule has 1 fully saturated rings. The first-order chi connectivity index (χ1) is 9.88. The van der Waals surface area contributed by atoms with Crippen LogP contribution in [-0.2, 0) is 14.8 Å². The van der Waals surface area contributed by atoms with Crippen LogP contribution in [0.5, 0.6) is 0 Å². The van der Waals surface area contributed by atoms with Gasteiger partial charge in [-0.2, -0.15) is 0 Å². The number of carbonyl (C=O) groups is 1. The molecule has 0 radical (unpaired) electrons. The lowest BCUT2D eigenvalue weighted by atomic mass is 10.3. The van der Waals surface area contributed by atoms with E-state index in [2.05, 4.69) is 10.0 Å². The average Bonchev–Trinajstić information content (AvgIpc) is 3.21. The first-order valence-corrected chi connectivity index (χ1v) is 8.21. The highest BCUT2D eigenvalue weighted by molar-refractivity contribution is 7.89. The maximum absolute atomic E-state index is 13.1. The van der Waals surface area contributed by atoms with Crippen molar-refractivity contribution < 1.29 is 17.6 Å². The number of sulfonamides is 1. The number of carbonyl (C=O) groups excluding carboxylic acids is 1. The van der Waals surface area contributed by atoms with Crippen LogP contribution in [0.1, 0.15) is 25.7 Å². The predicted octanol–water partition coefficient (Wildman–Crippen LogP) is 0.745. The van der Waals surface area contributed by atoms with Crippen molar-refractivity contribution in [1.29, 1.82) is 0 Å². The number of nitrogens with two attached hydrogens (primary N) is 1. The van der Waals surface area contributed by atoms with Crippen LogP contribution in [0.4, 0.5) is 10.1 Å². The highest BCUT2D eigenvalue weighted by Gasteiger charge is 2.23. The van der Waals surface area contributed by atoms with Crippen molar-refractivity contribution in [2.45, 2.75) is 36.6 Å². The Hall–Kier alpha value is -1.67. The number of amides is 1. The van der Waals surface area contributed by atoms with Crippen molar-refractivity contribution in [2.75, 3.05) is 12.3 Å². The van der Waals surface area contributed by atoms with Crippen LogP contribution in [0.15, 0.2) is 23.1 Å². The van der Waals surface area contributed by atoms with Crippen LogP contribution in [0, 0.1) is 5.82 Å². The minimum Gasteiger partial charge on any atom is -0.398 e. The Bertz CT molecular complexity index is 630. The maximum Gasteiger partial charge on any atom is 0.242 e. The van der Waals surface area contributed by atoms with Crippen LogP contribution in [0.25, 0.3) is 0 Å². The predicted molar refractivity (Wildman–Crippen MR) is 76.4 cm³/mol. The maximum atomic E-state index is 13.1. The third kappa shape index (κ3) is 4.68. The van der Waals surface area contributed by atoms with Gasteiger partial charge in [-0.1, -0.05) is 0 Å². The van der Waals surface area contributed by atoms with E-state index in [1.54, 1.807) is 0 Å². The quantitative estimate of drug-likeness (QED) is 0.510. The topological polar surface area (TPSA) is 101 Å². The van der Waals surface area contributed by atoms with Gasteiger partial charge in [-0.3, -0.25) is 4.79 Å². The first kappa shape index (κ1) is 15.7. The van der Waals surface area contributed by atoms with Gasteiger partial charge < -0.3 is 11.1 Å². The molecule has 116 valence electrons. The second kappa shape index (κ2) is 6.40. The molecule has 0 saturated heterocycles. The molecule has 6 nitrogen and oxygen atoms in total. The Balaban J connectivity index is 1.83. The molecule has 1 aromatic rings. The zero-order valence-corrected chi connectivity index (χ0v) is 12.2. The number of nitrogen functional groups attached to an aromatic ring is 1. The molecule has 0 atom stereocenters. The molecule has 0 spiro atoms. The van der Waals surface area contributed by atoms with Gasteiger partial charge in [0.15, 0.2) is 0 Å². The minimum absolute atomic E-state index is 0.0182. The summed E-state index contributed by atoms with van der Waals surface area (Å²) in [5.74, 6) is -0.754. The summed E-state index contributed by atoms with van der Waals surface area (Å²) in [6.45, 7) is 0.0936. The number of nitrogens with one attached hydrogen (secondary N) is 2. The van der Waals surface area contributed by atoms with Gasteiger partial charge in [-0.15, -0.1) is 0 Å². The molecule has 21 heavy (non-hydrogen) atoms. The van der Waals surface area contributed by atoms with E-state index >= 15 is 0 Å². The highest BCUT2D eigenvalue weighted by atomic mass is 32.2. The molecular weight excluding hydrogens is 297 g/mol. The van der Waals surface area contributed by atoms with Gasteiger partial charge in [0.05, 0.1) is 5.69 Å². The number of halogens is 1. The highest BCUT2D eigenvalue weighted by Crippen LogP contribution is 2.19. The first-order valence-electron chi connectivity index (χ1n) is 6.72. The summed E-state index contributed by atoms with van der Waals surface area (Å²) in [4.78, 5) is 11.1. The van der Waals surface area contributed by atoms with Gasteiger partial charge in [0.1, 0.15) is 10.7 Å². The monoisotopic (exact) mass is 315 g/mol. The van der Waals surface area contributed by atoms with E-state index in [1.165, 1.54) is 6.07 Å². The lowest BCUT2D eigenvalue weighted by Crippen LogP contribution is -2.29. The molecule has 1 amide bonds. The van der Waals surface area contributed by atoms with Crippen molar-refractivity contribution >= 4 is 21.6 Å². The van der Waals surface area contributed by atoms with Crippen LogP contribution in [0.3, 0.4) is 0 Å². The smallest absolute Gasteiger partial charge is 0.242 e. The molecule has 2 rings (SSSR count). The molecule has 0 heterocycles. The molecule has 0 aliphatic heterocycles. The Labute approximate surface area is 123 Å². The van der Waals surface area contributed by atoms with E-state index in [1.807, 2.05) is 0 Å². The van der Waals surface area contributed by atoms with E-state index in [0.29, 0.717) is 12.5 Å². The van der Waals surface area contributed by atoms with Gasteiger partial charge in [0.25, 0.3) is 0 Å². The standard InChI is InChI=1S/C13H18FN3O3S/c14-9-3-6-11(15)12(8-9)21(19,20)16-7-1-2-13(18)17-10-4-5-10/h3,6,8,10,16H,1-2,4-5,7,15H2,(H,17,18). The average molecular weight is 315 g/mol. The molecular formula is C13H18FN3O3S. The molecule has 0 aromatic heterocycles. The van der Waals surface area contributed by atoms with Gasteiger partial charge in [-0.05, 0) is 37.5 Å². The van der Waals surface area contributed by atoms with Crippen LogP contribution < -0.4 is 15.8 Å². The van der Waals surface area contributed by atoms with Gasteiger partial charge in [0, 0.05) is 19.0 Å². The summed E-state index contributed by atoms with van der Waals surface area (Å²) in [6.07, 6.45) is 2.64. The van der Waals surface area contributed by atoms with Crippen LogP contribution >= 0.6 is 0 Å². The van der Waals surface area contributed by atoms with Crippen LogP contribution in [-0.4, -0.2) is 26.9 Å². The second-order valence-electron chi connectivity index (χ2n) is 5.03.